The second-order valence-corrected chi connectivity index (χ2v) is 26.0. The monoisotopic (exact) mass is 1300 g/mol. The van der Waals surface area contributed by atoms with Crippen LogP contribution in [0.15, 0.2) is 340 Å². The van der Waals surface area contributed by atoms with Crippen LogP contribution in [-0.4, -0.2) is 39.9 Å². The molecular formula is C94H56N8. The van der Waals surface area contributed by atoms with E-state index in [0.717, 1.165) is 176 Å². The van der Waals surface area contributed by atoms with Crippen molar-refractivity contribution in [3.63, 3.8) is 0 Å². The number of fused-ring (bicyclic) bond motifs is 16. The molecule has 0 amide bonds. The second-order valence-electron chi connectivity index (χ2n) is 26.0. The molecule has 0 spiro atoms. The van der Waals surface area contributed by atoms with Gasteiger partial charge >= 0.3 is 0 Å². The Balaban J connectivity index is 0.000000138. The van der Waals surface area contributed by atoms with E-state index in [2.05, 4.69) is 328 Å². The molecular weight excluding hydrogens is 1240 g/mol. The Kier molecular flexibility index (Phi) is 13.7. The van der Waals surface area contributed by atoms with Gasteiger partial charge < -0.3 is 0 Å². The molecule has 0 atom stereocenters. The normalized spacial score (nSPS) is 11.7. The van der Waals surface area contributed by atoms with Gasteiger partial charge in [-0.05, 0) is 70.8 Å². The first kappa shape index (κ1) is 58.3. The molecule has 0 aliphatic heterocycles. The van der Waals surface area contributed by atoms with E-state index < -0.39 is 0 Å². The smallest absolute Gasteiger partial charge is 0.0978 e. The Morgan fingerprint density at radius 3 is 0.608 bits per heavy atom. The highest BCUT2D eigenvalue weighted by Gasteiger charge is 2.21. The van der Waals surface area contributed by atoms with Crippen LogP contribution < -0.4 is 0 Å². The van der Waals surface area contributed by atoms with Crippen molar-refractivity contribution in [1.29, 1.82) is 0 Å². The third kappa shape index (κ3) is 9.83. The molecule has 8 nitrogen and oxygen atoms in total. The summed E-state index contributed by atoms with van der Waals surface area (Å²) in [5.41, 5.74) is 25.8. The standard InChI is InChI=1S/C50H30N4.C44H26N4/c1-3-11-33(12-4-1)45-37-15-7-9-17-43(37)53-49-39(45)27-23-35-25-29-41(51-47(35)49)31-19-21-32(22-20-31)42-30-26-36-24-28-40-46(34-13-5-2-6-14-34)38-16-8-10-18-44(38)54-50(40)48(36)52-42;1-3-11-27(12-4-1)39-31-15-7-9-17-35(31)45-43-33(39)23-19-29-21-25-37(47-41(29)43)38-26-22-30-20-24-34-40(28-13-5-2-6-14-28)32-16-8-10-18-36(32)46-44(34)42(30)48-38/h1-30H;1-26H. The third-order valence-electron chi connectivity index (χ3n) is 20.0. The molecule has 0 fully saturated rings. The third-order valence-corrected chi connectivity index (χ3v) is 20.0. The summed E-state index contributed by atoms with van der Waals surface area (Å²) in [6, 6.07) is 119. The van der Waals surface area contributed by atoms with Crippen molar-refractivity contribution in [2.45, 2.75) is 0 Å². The molecule has 0 saturated carbocycles. The van der Waals surface area contributed by atoms with Gasteiger partial charge in [0.15, 0.2) is 0 Å². The van der Waals surface area contributed by atoms with Gasteiger partial charge in [-0.15, -0.1) is 0 Å². The predicted octanol–water partition coefficient (Wildman–Crippen LogP) is 24.0. The SMILES string of the molecule is c1ccc(-c2c3ccccc3nc3c2ccc2ccc(-c4ccc(-c5ccc6ccc7c(-c8ccccc8)c8ccccc8nc7c6n5)cc4)nc23)cc1.c1ccc(-c2c3ccccc3nc3c2ccc2ccc(-c4ccc5ccc6c(-c7ccccc7)c7ccccc7nc6c5n4)nc23)cc1. The number of nitrogens with zero attached hydrogens (tertiary/aromatic N) is 8. The van der Waals surface area contributed by atoms with Crippen LogP contribution in [0.2, 0.25) is 0 Å². The maximum absolute atomic E-state index is 5.27. The largest absolute Gasteiger partial charge is 0.245 e. The Labute approximate surface area is 585 Å². The van der Waals surface area contributed by atoms with Crippen molar-refractivity contribution in [2.24, 2.45) is 0 Å². The topological polar surface area (TPSA) is 103 Å². The highest BCUT2D eigenvalue weighted by atomic mass is 14.8. The summed E-state index contributed by atoms with van der Waals surface area (Å²) in [5.74, 6) is 0. The van der Waals surface area contributed by atoms with Crippen molar-refractivity contribution in [3.8, 4) is 78.4 Å². The zero-order valence-electron chi connectivity index (χ0n) is 54.9. The lowest BCUT2D eigenvalue weighted by molar-refractivity contribution is 1.32. The summed E-state index contributed by atoms with van der Waals surface area (Å²) in [7, 11) is 0. The summed E-state index contributed by atoms with van der Waals surface area (Å²) < 4.78 is 0. The maximum atomic E-state index is 5.27. The van der Waals surface area contributed by atoms with Crippen LogP contribution in [0.3, 0.4) is 0 Å². The maximum Gasteiger partial charge on any atom is 0.0978 e. The predicted molar refractivity (Wildman–Crippen MR) is 423 cm³/mol. The molecule has 13 aromatic carbocycles. The van der Waals surface area contributed by atoms with Gasteiger partial charge in [-0.25, -0.2) is 39.9 Å². The molecule has 102 heavy (non-hydrogen) atoms. The highest BCUT2D eigenvalue weighted by Crippen LogP contribution is 2.43. The van der Waals surface area contributed by atoms with Gasteiger partial charge in [-0.1, -0.05) is 291 Å². The molecule has 21 aromatic rings. The van der Waals surface area contributed by atoms with E-state index in [9.17, 15) is 0 Å². The number of rotatable bonds is 7. The Bertz CT molecular complexity index is 6550. The highest BCUT2D eigenvalue weighted by molar-refractivity contribution is 6.20. The minimum Gasteiger partial charge on any atom is -0.245 e. The molecule has 0 bridgehead atoms. The molecule has 0 aliphatic carbocycles. The molecule has 8 heteroatoms. The minimum atomic E-state index is 0.800. The van der Waals surface area contributed by atoms with Crippen LogP contribution in [-0.2, 0) is 0 Å². The molecule has 0 N–H and O–H groups in total. The van der Waals surface area contributed by atoms with E-state index in [1.807, 2.05) is 12.1 Å². The molecule has 0 radical (unpaired) electrons. The first-order valence-electron chi connectivity index (χ1n) is 34.4. The van der Waals surface area contributed by atoms with Gasteiger partial charge in [-0.3, -0.25) is 0 Å². The zero-order chi connectivity index (χ0) is 67.2. The number of benzene rings is 13. The molecule has 0 aliphatic rings. The van der Waals surface area contributed by atoms with Gasteiger partial charge in [-0.2, -0.15) is 0 Å². The van der Waals surface area contributed by atoms with Crippen molar-refractivity contribution < 1.29 is 0 Å². The van der Waals surface area contributed by atoms with E-state index in [4.69, 9.17) is 39.9 Å². The molecule has 0 unspecified atom stereocenters. The van der Waals surface area contributed by atoms with Crippen LogP contribution >= 0.6 is 0 Å². The molecule has 472 valence electrons. The van der Waals surface area contributed by atoms with Crippen molar-refractivity contribution in [3.05, 3.63) is 340 Å². The van der Waals surface area contributed by atoms with E-state index in [-0.39, 0.29) is 0 Å². The summed E-state index contributed by atoms with van der Waals surface area (Å²) >= 11 is 0. The van der Waals surface area contributed by atoms with Gasteiger partial charge in [0.2, 0.25) is 0 Å². The fraction of sp³-hybridized carbons (Fsp3) is 0. The second kappa shape index (κ2) is 24.0. The van der Waals surface area contributed by atoms with Crippen molar-refractivity contribution in [2.75, 3.05) is 0 Å². The number of hydrogen-bond acceptors (Lipinski definition) is 8. The van der Waals surface area contributed by atoms with Crippen LogP contribution in [0.5, 0.6) is 0 Å². The average Bonchev–Trinajstić information content (AvgIpc) is 0.762. The number of para-hydroxylation sites is 4. The Morgan fingerprint density at radius 2 is 0.343 bits per heavy atom. The minimum absolute atomic E-state index is 0.800. The van der Waals surface area contributed by atoms with Crippen LogP contribution in [0.4, 0.5) is 0 Å². The lowest BCUT2D eigenvalue weighted by atomic mass is 9.95. The van der Waals surface area contributed by atoms with Crippen LogP contribution in [0.1, 0.15) is 0 Å². The molecule has 8 heterocycles. The lowest BCUT2D eigenvalue weighted by Crippen LogP contribution is -1.95. The van der Waals surface area contributed by atoms with E-state index in [1.54, 1.807) is 0 Å². The van der Waals surface area contributed by atoms with Gasteiger partial charge in [0.25, 0.3) is 0 Å². The molecule has 8 aromatic heterocycles. The summed E-state index contributed by atoms with van der Waals surface area (Å²) in [4.78, 5) is 41.8. The van der Waals surface area contributed by atoms with Gasteiger partial charge in [0.1, 0.15) is 0 Å². The number of pyridine rings is 8. The zero-order valence-corrected chi connectivity index (χ0v) is 54.9. The first-order valence-corrected chi connectivity index (χ1v) is 34.4. The average molecular weight is 1300 g/mol. The Hall–Kier alpha value is -13.8. The van der Waals surface area contributed by atoms with E-state index in [0.29, 0.717) is 0 Å². The van der Waals surface area contributed by atoms with Crippen LogP contribution in [0.25, 0.3) is 209 Å². The fourth-order valence-electron chi connectivity index (χ4n) is 15.2. The molecule has 0 saturated heterocycles. The van der Waals surface area contributed by atoms with Gasteiger partial charge in [0.05, 0.1) is 89.0 Å². The van der Waals surface area contributed by atoms with Crippen molar-refractivity contribution >= 4 is 131 Å². The van der Waals surface area contributed by atoms with Crippen LogP contribution in [0, 0.1) is 0 Å². The first-order chi connectivity index (χ1) is 50.6. The summed E-state index contributed by atoms with van der Waals surface area (Å²) in [5, 5.41) is 13.1. The van der Waals surface area contributed by atoms with E-state index in [1.165, 1.54) is 33.4 Å². The fourth-order valence-corrected chi connectivity index (χ4v) is 15.2. The van der Waals surface area contributed by atoms with Crippen molar-refractivity contribution in [1.82, 2.24) is 39.9 Å². The van der Waals surface area contributed by atoms with Gasteiger partial charge in [0, 0.05) is 98.0 Å². The molecule has 21 rings (SSSR count). The lowest BCUT2D eigenvalue weighted by Gasteiger charge is -2.14. The summed E-state index contributed by atoms with van der Waals surface area (Å²) in [6.45, 7) is 0. The quantitative estimate of drug-likeness (QED) is 0.115. The Morgan fingerprint density at radius 1 is 0.127 bits per heavy atom. The van der Waals surface area contributed by atoms with E-state index >= 15 is 0 Å². The number of aromatic nitrogens is 8. The number of hydrogen-bond donors (Lipinski definition) is 0. The summed E-state index contributed by atoms with van der Waals surface area (Å²) in [6.07, 6.45) is 0.